The van der Waals surface area contributed by atoms with Crippen molar-refractivity contribution in [1.82, 2.24) is 14.8 Å². The number of rotatable bonds is 4. The molecule has 0 aliphatic carbocycles. The molecule has 2 rings (SSSR count). The fourth-order valence-corrected chi connectivity index (χ4v) is 1.78. The molecule has 5 nitrogen and oxygen atoms in total. The van der Waals surface area contributed by atoms with Crippen LogP contribution in [0.5, 0.6) is 5.75 Å². The zero-order chi connectivity index (χ0) is 13.1. The molecule has 0 spiro atoms. The summed E-state index contributed by atoms with van der Waals surface area (Å²) in [6.07, 6.45) is 1.49. The molecule has 0 bridgehead atoms. The Bertz CT molecular complexity index is 539. The molecule has 0 radical (unpaired) electrons. The van der Waals surface area contributed by atoms with Gasteiger partial charge in [0.1, 0.15) is 18.7 Å². The third kappa shape index (κ3) is 2.80. The van der Waals surface area contributed by atoms with Gasteiger partial charge in [-0.05, 0) is 25.1 Å². The maximum absolute atomic E-state index is 5.95. The normalized spacial score (nSPS) is 12.4. The van der Waals surface area contributed by atoms with Crippen LogP contribution in [0.1, 0.15) is 24.4 Å². The van der Waals surface area contributed by atoms with Crippen molar-refractivity contribution in [2.75, 3.05) is 0 Å². The number of aryl methyl sites for hydroxylation is 1. The van der Waals surface area contributed by atoms with Crippen LogP contribution in [0, 0.1) is 0 Å². The molecule has 2 aromatic rings. The minimum Gasteiger partial charge on any atom is -0.485 e. The van der Waals surface area contributed by atoms with E-state index in [-0.39, 0.29) is 6.04 Å². The highest BCUT2D eigenvalue weighted by molar-refractivity contribution is 6.30. The van der Waals surface area contributed by atoms with E-state index in [1.54, 1.807) is 10.7 Å². The molecule has 0 aliphatic heterocycles. The Hall–Kier alpha value is -1.59. The average Bonchev–Trinajstić information content (AvgIpc) is 2.73. The number of hydrogen-bond donors (Lipinski definition) is 1. The molecule has 1 aromatic carbocycles. The van der Waals surface area contributed by atoms with Gasteiger partial charge in [0.25, 0.3) is 0 Å². The van der Waals surface area contributed by atoms with Crippen LogP contribution in [-0.4, -0.2) is 14.8 Å². The first kappa shape index (κ1) is 12.9. The van der Waals surface area contributed by atoms with Crippen LogP contribution in [0.15, 0.2) is 24.5 Å². The van der Waals surface area contributed by atoms with Gasteiger partial charge in [-0.3, -0.25) is 4.68 Å². The van der Waals surface area contributed by atoms with Gasteiger partial charge in [-0.2, -0.15) is 5.10 Å². The van der Waals surface area contributed by atoms with Crippen molar-refractivity contribution in [3.05, 3.63) is 40.9 Å². The Kier molecular flexibility index (Phi) is 3.84. The second-order valence-corrected chi connectivity index (χ2v) is 4.50. The SMILES string of the molecule is CC(N)c1cc(Cl)ccc1OCc1ncnn1C. The summed E-state index contributed by atoms with van der Waals surface area (Å²) in [5.41, 5.74) is 6.77. The van der Waals surface area contributed by atoms with Crippen LogP contribution < -0.4 is 10.5 Å². The van der Waals surface area contributed by atoms with E-state index in [9.17, 15) is 0 Å². The zero-order valence-electron chi connectivity index (χ0n) is 10.3. The highest BCUT2D eigenvalue weighted by Gasteiger charge is 2.10. The van der Waals surface area contributed by atoms with E-state index >= 15 is 0 Å². The zero-order valence-corrected chi connectivity index (χ0v) is 11.1. The van der Waals surface area contributed by atoms with E-state index in [0.29, 0.717) is 11.6 Å². The van der Waals surface area contributed by atoms with Crippen molar-refractivity contribution in [3.63, 3.8) is 0 Å². The van der Waals surface area contributed by atoms with Crippen molar-refractivity contribution in [3.8, 4) is 5.75 Å². The van der Waals surface area contributed by atoms with Crippen LogP contribution in [0.25, 0.3) is 0 Å². The van der Waals surface area contributed by atoms with Crippen molar-refractivity contribution < 1.29 is 4.74 Å². The lowest BCUT2D eigenvalue weighted by molar-refractivity contribution is 0.285. The maximum atomic E-state index is 5.95. The number of aromatic nitrogens is 3. The van der Waals surface area contributed by atoms with Gasteiger partial charge < -0.3 is 10.5 Å². The molecule has 1 aromatic heterocycles. The van der Waals surface area contributed by atoms with Crippen molar-refractivity contribution >= 4 is 11.6 Å². The Morgan fingerprint density at radius 1 is 1.50 bits per heavy atom. The molecule has 0 saturated carbocycles. The molecule has 18 heavy (non-hydrogen) atoms. The number of benzene rings is 1. The molecule has 6 heteroatoms. The minimum atomic E-state index is -0.141. The highest BCUT2D eigenvalue weighted by atomic mass is 35.5. The van der Waals surface area contributed by atoms with E-state index in [2.05, 4.69) is 10.1 Å². The highest BCUT2D eigenvalue weighted by Crippen LogP contribution is 2.27. The predicted octanol–water partition coefficient (Wildman–Crippen LogP) is 2.07. The third-order valence-corrected chi connectivity index (χ3v) is 2.86. The number of ether oxygens (including phenoxy) is 1. The molecule has 0 fully saturated rings. The van der Waals surface area contributed by atoms with Crippen molar-refractivity contribution in [1.29, 1.82) is 0 Å². The fourth-order valence-electron chi connectivity index (χ4n) is 1.60. The summed E-state index contributed by atoms with van der Waals surface area (Å²) in [5.74, 6) is 1.47. The van der Waals surface area contributed by atoms with Gasteiger partial charge in [0, 0.05) is 23.7 Å². The molecular formula is C12H15ClN4O. The summed E-state index contributed by atoms with van der Waals surface area (Å²) < 4.78 is 7.38. The van der Waals surface area contributed by atoms with Crippen LogP contribution in [-0.2, 0) is 13.7 Å². The fraction of sp³-hybridized carbons (Fsp3) is 0.333. The van der Waals surface area contributed by atoms with Gasteiger partial charge >= 0.3 is 0 Å². The second kappa shape index (κ2) is 5.37. The summed E-state index contributed by atoms with van der Waals surface area (Å²) in [6.45, 7) is 2.23. The number of halogens is 1. The predicted molar refractivity (Wildman–Crippen MR) is 69.4 cm³/mol. The van der Waals surface area contributed by atoms with Gasteiger partial charge in [0.2, 0.25) is 0 Å². The standard InChI is InChI=1S/C12H15ClN4O/c1-8(14)10-5-9(13)3-4-11(10)18-6-12-15-7-16-17(12)2/h3-5,7-8H,6,14H2,1-2H3. The summed E-state index contributed by atoms with van der Waals surface area (Å²) in [5, 5.41) is 4.63. The third-order valence-electron chi connectivity index (χ3n) is 2.62. The quantitative estimate of drug-likeness (QED) is 0.920. The largest absolute Gasteiger partial charge is 0.485 e. The van der Waals surface area contributed by atoms with E-state index in [1.807, 2.05) is 26.1 Å². The summed E-state index contributed by atoms with van der Waals surface area (Å²) in [6, 6.07) is 5.27. The smallest absolute Gasteiger partial charge is 0.164 e. The van der Waals surface area contributed by atoms with Crippen LogP contribution in [0.2, 0.25) is 5.02 Å². The van der Waals surface area contributed by atoms with Gasteiger partial charge in [-0.15, -0.1) is 0 Å². The Morgan fingerprint density at radius 3 is 2.89 bits per heavy atom. The lowest BCUT2D eigenvalue weighted by atomic mass is 10.1. The van der Waals surface area contributed by atoms with Crippen molar-refractivity contribution in [2.24, 2.45) is 12.8 Å². The minimum absolute atomic E-state index is 0.141. The van der Waals surface area contributed by atoms with Gasteiger partial charge in [-0.1, -0.05) is 11.6 Å². The van der Waals surface area contributed by atoms with E-state index < -0.39 is 0 Å². The first-order chi connectivity index (χ1) is 8.58. The summed E-state index contributed by atoms with van der Waals surface area (Å²) >= 11 is 5.95. The van der Waals surface area contributed by atoms with Gasteiger partial charge in [-0.25, -0.2) is 4.98 Å². The Balaban J connectivity index is 2.16. The van der Waals surface area contributed by atoms with E-state index in [1.165, 1.54) is 6.33 Å². The maximum Gasteiger partial charge on any atom is 0.164 e. The van der Waals surface area contributed by atoms with Gasteiger partial charge in [0.15, 0.2) is 5.82 Å². The molecule has 1 unspecified atom stereocenters. The molecule has 0 amide bonds. The Morgan fingerprint density at radius 2 is 2.28 bits per heavy atom. The lowest BCUT2D eigenvalue weighted by Gasteiger charge is -2.14. The van der Waals surface area contributed by atoms with E-state index in [4.69, 9.17) is 22.1 Å². The molecular weight excluding hydrogens is 252 g/mol. The van der Waals surface area contributed by atoms with Crippen LogP contribution >= 0.6 is 11.6 Å². The first-order valence-corrected chi connectivity index (χ1v) is 5.96. The lowest BCUT2D eigenvalue weighted by Crippen LogP contribution is -2.10. The number of hydrogen-bond acceptors (Lipinski definition) is 4. The first-order valence-electron chi connectivity index (χ1n) is 5.58. The van der Waals surface area contributed by atoms with Crippen LogP contribution in [0.4, 0.5) is 0 Å². The average molecular weight is 267 g/mol. The van der Waals surface area contributed by atoms with Crippen molar-refractivity contribution in [2.45, 2.75) is 19.6 Å². The Labute approximate surface area is 111 Å². The molecule has 1 heterocycles. The van der Waals surface area contributed by atoms with E-state index in [0.717, 1.165) is 17.1 Å². The topological polar surface area (TPSA) is 66.0 Å². The molecule has 0 aliphatic rings. The van der Waals surface area contributed by atoms with Gasteiger partial charge in [0.05, 0.1) is 0 Å². The summed E-state index contributed by atoms with van der Waals surface area (Å²) in [4.78, 5) is 4.09. The number of nitrogens with zero attached hydrogens (tertiary/aromatic N) is 3. The second-order valence-electron chi connectivity index (χ2n) is 4.06. The molecule has 1 atom stereocenters. The molecule has 0 saturated heterocycles. The number of nitrogens with two attached hydrogens (primary N) is 1. The monoisotopic (exact) mass is 266 g/mol. The summed E-state index contributed by atoms with van der Waals surface area (Å²) in [7, 11) is 1.82. The molecule has 96 valence electrons. The molecule has 2 N–H and O–H groups in total. The van der Waals surface area contributed by atoms with Crippen LogP contribution in [0.3, 0.4) is 0 Å².